The van der Waals surface area contributed by atoms with Crippen LogP contribution in [-0.2, 0) is 0 Å². The number of hydrogen-bond donors (Lipinski definition) is 0. The SMILES string of the molecule is CCN(CC)C(=O)n1ccc(Sc2ccc(Br)cn2)n1. The summed E-state index contributed by atoms with van der Waals surface area (Å²) in [5.74, 6) is 0. The van der Waals surface area contributed by atoms with Gasteiger partial charge in [0.15, 0.2) is 0 Å². The van der Waals surface area contributed by atoms with Gasteiger partial charge in [-0.1, -0.05) is 0 Å². The number of nitrogens with zero attached hydrogens (tertiary/aromatic N) is 4. The summed E-state index contributed by atoms with van der Waals surface area (Å²) in [6.07, 6.45) is 3.42. The molecule has 2 aromatic rings. The lowest BCUT2D eigenvalue weighted by atomic mass is 10.5. The van der Waals surface area contributed by atoms with Crippen molar-refractivity contribution in [3.63, 3.8) is 0 Å². The Morgan fingerprint density at radius 3 is 2.65 bits per heavy atom. The van der Waals surface area contributed by atoms with E-state index in [0.717, 1.165) is 14.5 Å². The average molecular weight is 355 g/mol. The van der Waals surface area contributed by atoms with E-state index in [4.69, 9.17) is 0 Å². The van der Waals surface area contributed by atoms with Crippen LogP contribution in [0, 0.1) is 0 Å². The van der Waals surface area contributed by atoms with Crippen molar-refractivity contribution in [1.29, 1.82) is 0 Å². The lowest BCUT2D eigenvalue weighted by Gasteiger charge is -2.17. The highest BCUT2D eigenvalue weighted by Crippen LogP contribution is 2.24. The van der Waals surface area contributed by atoms with Crippen LogP contribution in [0.2, 0.25) is 0 Å². The van der Waals surface area contributed by atoms with E-state index in [1.807, 2.05) is 32.0 Å². The molecule has 0 saturated heterocycles. The van der Waals surface area contributed by atoms with Crippen LogP contribution in [0.15, 0.2) is 45.1 Å². The van der Waals surface area contributed by atoms with Crippen LogP contribution >= 0.6 is 27.7 Å². The number of aromatic nitrogens is 3. The first-order chi connectivity index (χ1) is 9.63. The summed E-state index contributed by atoms with van der Waals surface area (Å²) in [7, 11) is 0. The highest BCUT2D eigenvalue weighted by molar-refractivity contribution is 9.10. The molecule has 2 aromatic heterocycles. The third-order valence-electron chi connectivity index (χ3n) is 2.70. The van der Waals surface area contributed by atoms with Gasteiger partial charge in [0.1, 0.15) is 10.1 Å². The first-order valence-corrected chi connectivity index (χ1v) is 7.89. The molecule has 0 unspecified atom stereocenters. The standard InChI is InChI=1S/C13H15BrN4OS/c1-3-17(4-2)13(19)18-8-7-12(16-18)20-11-6-5-10(14)9-15-11/h5-9H,3-4H2,1-2H3. The second kappa shape index (κ2) is 6.90. The molecule has 0 spiro atoms. The molecule has 20 heavy (non-hydrogen) atoms. The fraction of sp³-hybridized carbons (Fsp3) is 0.308. The summed E-state index contributed by atoms with van der Waals surface area (Å²) in [4.78, 5) is 18.1. The Morgan fingerprint density at radius 2 is 2.05 bits per heavy atom. The zero-order valence-corrected chi connectivity index (χ0v) is 13.7. The second-order valence-electron chi connectivity index (χ2n) is 3.97. The fourth-order valence-electron chi connectivity index (χ4n) is 1.64. The highest BCUT2D eigenvalue weighted by atomic mass is 79.9. The monoisotopic (exact) mass is 354 g/mol. The van der Waals surface area contributed by atoms with Gasteiger partial charge in [-0.25, -0.2) is 9.78 Å². The van der Waals surface area contributed by atoms with Crippen LogP contribution in [-0.4, -0.2) is 38.8 Å². The topological polar surface area (TPSA) is 51.0 Å². The van der Waals surface area contributed by atoms with Gasteiger partial charge in [0, 0.05) is 30.0 Å². The highest BCUT2D eigenvalue weighted by Gasteiger charge is 2.13. The predicted octanol–water partition coefficient (Wildman–Crippen LogP) is 3.50. The third kappa shape index (κ3) is 3.61. The maximum atomic E-state index is 12.1. The van der Waals surface area contributed by atoms with Gasteiger partial charge < -0.3 is 4.90 Å². The Labute approximate surface area is 130 Å². The summed E-state index contributed by atoms with van der Waals surface area (Å²) < 4.78 is 2.30. The molecule has 2 heterocycles. The molecule has 0 fully saturated rings. The number of carbonyl (C=O) groups excluding carboxylic acids is 1. The largest absolute Gasteiger partial charge is 0.344 e. The van der Waals surface area contributed by atoms with Gasteiger partial charge in [-0.15, -0.1) is 0 Å². The number of pyridine rings is 1. The van der Waals surface area contributed by atoms with Crippen molar-refractivity contribution in [3.8, 4) is 0 Å². The van der Waals surface area contributed by atoms with Gasteiger partial charge in [-0.3, -0.25) is 0 Å². The molecule has 0 bridgehead atoms. The minimum Gasteiger partial charge on any atom is -0.323 e. The second-order valence-corrected chi connectivity index (χ2v) is 5.93. The van der Waals surface area contributed by atoms with Crippen LogP contribution in [0.3, 0.4) is 0 Å². The molecule has 0 saturated carbocycles. The zero-order valence-electron chi connectivity index (χ0n) is 11.3. The number of rotatable bonds is 4. The lowest BCUT2D eigenvalue weighted by Crippen LogP contribution is -2.34. The van der Waals surface area contributed by atoms with Crippen molar-refractivity contribution in [2.75, 3.05) is 13.1 Å². The summed E-state index contributed by atoms with van der Waals surface area (Å²) >= 11 is 4.77. The molecule has 0 aromatic carbocycles. The lowest BCUT2D eigenvalue weighted by molar-refractivity contribution is 0.201. The van der Waals surface area contributed by atoms with Gasteiger partial charge in [-0.05, 0) is 59.7 Å². The maximum Gasteiger partial charge on any atom is 0.344 e. The van der Waals surface area contributed by atoms with E-state index in [-0.39, 0.29) is 6.03 Å². The summed E-state index contributed by atoms with van der Waals surface area (Å²) in [6, 6.07) is 5.54. The van der Waals surface area contributed by atoms with E-state index in [0.29, 0.717) is 13.1 Å². The van der Waals surface area contributed by atoms with Gasteiger partial charge in [-0.2, -0.15) is 9.78 Å². The third-order valence-corrected chi connectivity index (χ3v) is 4.05. The first kappa shape index (κ1) is 15.1. The molecule has 1 amide bonds. The van der Waals surface area contributed by atoms with E-state index >= 15 is 0 Å². The van der Waals surface area contributed by atoms with Crippen LogP contribution in [0.25, 0.3) is 0 Å². The first-order valence-electron chi connectivity index (χ1n) is 6.28. The van der Waals surface area contributed by atoms with Crippen molar-refractivity contribution >= 4 is 33.7 Å². The minimum atomic E-state index is -0.106. The summed E-state index contributed by atoms with van der Waals surface area (Å²) in [5, 5.41) is 5.87. The maximum absolute atomic E-state index is 12.1. The molecule has 5 nitrogen and oxygen atoms in total. The van der Waals surface area contributed by atoms with Gasteiger partial charge in [0.05, 0.1) is 0 Å². The molecule has 2 rings (SSSR count). The van der Waals surface area contributed by atoms with Crippen LogP contribution in [0.5, 0.6) is 0 Å². The van der Waals surface area contributed by atoms with Crippen LogP contribution in [0.1, 0.15) is 13.8 Å². The van der Waals surface area contributed by atoms with E-state index in [2.05, 4.69) is 26.0 Å². The quantitative estimate of drug-likeness (QED) is 0.842. The van der Waals surface area contributed by atoms with Crippen molar-refractivity contribution in [2.45, 2.75) is 23.9 Å². The Balaban J connectivity index is 2.09. The molecule has 0 aliphatic rings. The van der Waals surface area contributed by atoms with Gasteiger partial charge in [0.25, 0.3) is 0 Å². The van der Waals surface area contributed by atoms with E-state index < -0.39 is 0 Å². The normalized spacial score (nSPS) is 10.6. The molecule has 0 atom stereocenters. The molecule has 7 heteroatoms. The molecule has 0 aliphatic heterocycles. The average Bonchev–Trinajstić information content (AvgIpc) is 2.91. The van der Waals surface area contributed by atoms with E-state index in [1.165, 1.54) is 16.4 Å². The fourth-order valence-corrected chi connectivity index (χ4v) is 2.58. The smallest absolute Gasteiger partial charge is 0.323 e. The van der Waals surface area contributed by atoms with Gasteiger partial charge in [0.2, 0.25) is 0 Å². The Kier molecular flexibility index (Phi) is 5.19. The van der Waals surface area contributed by atoms with Crippen molar-refractivity contribution < 1.29 is 4.79 Å². The Bertz CT molecular complexity index is 580. The number of hydrogen-bond acceptors (Lipinski definition) is 4. The number of halogens is 1. The van der Waals surface area contributed by atoms with E-state index in [1.54, 1.807) is 17.3 Å². The van der Waals surface area contributed by atoms with E-state index in [9.17, 15) is 4.79 Å². The van der Waals surface area contributed by atoms with Crippen molar-refractivity contribution in [2.24, 2.45) is 0 Å². The van der Waals surface area contributed by atoms with Crippen molar-refractivity contribution in [1.82, 2.24) is 19.7 Å². The number of carbonyl (C=O) groups is 1. The minimum absolute atomic E-state index is 0.106. The summed E-state index contributed by atoms with van der Waals surface area (Å²) in [5.41, 5.74) is 0. The van der Waals surface area contributed by atoms with Gasteiger partial charge >= 0.3 is 6.03 Å². The molecular formula is C13H15BrN4OS. The molecule has 106 valence electrons. The zero-order chi connectivity index (χ0) is 14.5. The molecular weight excluding hydrogens is 340 g/mol. The Hall–Kier alpha value is -1.34. The Morgan fingerprint density at radius 1 is 1.30 bits per heavy atom. The molecule has 0 radical (unpaired) electrons. The van der Waals surface area contributed by atoms with Crippen LogP contribution in [0.4, 0.5) is 4.79 Å². The molecule has 0 N–H and O–H groups in total. The van der Waals surface area contributed by atoms with Crippen LogP contribution < -0.4 is 0 Å². The summed E-state index contributed by atoms with van der Waals surface area (Å²) in [6.45, 7) is 5.25. The molecule has 0 aliphatic carbocycles. The van der Waals surface area contributed by atoms with Crippen molar-refractivity contribution in [3.05, 3.63) is 35.1 Å². The number of amides is 1. The predicted molar refractivity (Wildman–Crippen MR) is 82.0 cm³/mol.